The number of hydrogen-bond donors (Lipinski definition) is 2. The molecule has 1 fully saturated rings. The predicted molar refractivity (Wildman–Crippen MR) is 79.4 cm³/mol. The Labute approximate surface area is 121 Å². The van der Waals surface area contributed by atoms with Crippen molar-refractivity contribution in [3.05, 3.63) is 29.8 Å². The first-order valence-electron chi connectivity index (χ1n) is 7.10. The summed E-state index contributed by atoms with van der Waals surface area (Å²) in [6.45, 7) is 2.08. The Bertz CT molecular complexity index is 531. The molecule has 0 spiro atoms. The van der Waals surface area contributed by atoms with Gasteiger partial charge in [0.2, 0.25) is 0 Å². The Morgan fingerprint density at radius 2 is 1.70 bits per heavy atom. The summed E-state index contributed by atoms with van der Waals surface area (Å²) in [6, 6.07) is 7.67. The van der Waals surface area contributed by atoms with E-state index < -0.39 is 9.84 Å². The number of aliphatic hydroxyl groups excluding tert-OH is 1. The molecule has 0 heterocycles. The van der Waals surface area contributed by atoms with E-state index in [2.05, 4.69) is 12.2 Å². The molecule has 112 valence electrons. The molecule has 5 heteroatoms. The minimum absolute atomic E-state index is 0.141. The van der Waals surface area contributed by atoms with E-state index in [-0.39, 0.29) is 12.1 Å². The second-order valence-corrected chi connectivity index (χ2v) is 7.75. The van der Waals surface area contributed by atoms with Gasteiger partial charge in [-0.2, -0.15) is 0 Å². The summed E-state index contributed by atoms with van der Waals surface area (Å²) in [6.07, 6.45) is 4.78. The fraction of sp³-hybridized carbons (Fsp3) is 0.600. The number of hydrogen-bond acceptors (Lipinski definition) is 4. The van der Waals surface area contributed by atoms with Crippen molar-refractivity contribution in [2.24, 2.45) is 0 Å². The van der Waals surface area contributed by atoms with Crippen LogP contribution in [-0.2, 0) is 9.84 Å². The summed E-state index contributed by atoms with van der Waals surface area (Å²) in [5, 5.41) is 13.1. The van der Waals surface area contributed by atoms with Crippen LogP contribution in [0.3, 0.4) is 0 Å². The van der Waals surface area contributed by atoms with Crippen molar-refractivity contribution >= 4 is 9.84 Å². The maximum absolute atomic E-state index is 11.4. The van der Waals surface area contributed by atoms with Crippen LogP contribution in [0, 0.1) is 0 Å². The first kappa shape index (κ1) is 15.5. The smallest absolute Gasteiger partial charge is 0.175 e. The summed E-state index contributed by atoms with van der Waals surface area (Å²) in [5.74, 6) is 0. The van der Waals surface area contributed by atoms with Gasteiger partial charge in [0.15, 0.2) is 9.84 Å². The van der Waals surface area contributed by atoms with E-state index in [1.54, 1.807) is 12.1 Å². The third-order valence-electron chi connectivity index (χ3n) is 3.99. The molecule has 0 radical (unpaired) electrons. The quantitative estimate of drug-likeness (QED) is 0.892. The van der Waals surface area contributed by atoms with Crippen molar-refractivity contribution < 1.29 is 13.5 Å². The molecule has 1 aliphatic rings. The normalized spacial score (nSPS) is 25.4. The topological polar surface area (TPSA) is 66.4 Å². The summed E-state index contributed by atoms with van der Waals surface area (Å²) < 4.78 is 22.8. The van der Waals surface area contributed by atoms with Crippen LogP contribution in [0.5, 0.6) is 0 Å². The second-order valence-electron chi connectivity index (χ2n) is 5.74. The molecule has 0 aliphatic heterocycles. The predicted octanol–water partition coefficient (Wildman–Crippen LogP) is 2.04. The van der Waals surface area contributed by atoms with Crippen molar-refractivity contribution in [2.45, 2.75) is 55.7 Å². The molecule has 0 unspecified atom stereocenters. The van der Waals surface area contributed by atoms with Gasteiger partial charge in [0.25, 0.3) is 0 Å². The van der Waals surface area contributed by atoms with Crippen molar-refractivity contribution in [3.63, 3.8) is 0 Å². The monoisotopic (exact) mass is 297 g/mol. The van der Waals surface area contributed by atoms with Gasteiger partial charge in [-0.3, -0.25) is 0 Å². The van der Waals surface area contributed by atoms with Gasteiger partial charge in [0.05, 0.1) is 11.0 Å². The van der Waals surface area contributed by atoms with E-state index in [4.69, 9.17) is 0 Å². The number of rotatable bonds is 4. The fourth-order valence-electron chi connectivity index (χ4n) is 2.70. The van der Waals surface area contributed by atoms with Crippen LogP contribution in [-0.4, -0.2) is 31.9 Å². The minimum Gasteiger partial charge on any atom is -0.393 e. The zero-order chi connectivity index (χ0) is 14.8. The molecule has 20 heavy (non-hydrogen) atoms. The van der Waals surface area contributed by atoms with Gasteiger partial charge in [-0.15, -0.1) is 0 Å². The number of nitrogens with one attached hydrogen (secondary N) is 1. The summed E-state index contributed by atoms with van der Waals surface area (Å²) in [5.41, 5.74) is 1.09. The average molecular weight is 297 g/mol. The highest BCUT2D eigenvalue weighted by molar-refractivity contribution is 7.90. The standard InChI is InChI=1S/C15H23NO3S/c1-11(16-13-5-7-14(17)8-6-13)12-3-9-15(10-4-12)20(2,18)19/h3-4,9-11,13-14,16-17H,5-8H2,1-2H3/t11-,13?,14?/m0/s1. The third-order valence-corrected chi connectivity index (χ3v) is 5.12. The molecule has 1 saturated carbocycles. The molecule has 4 nitrogen and oxygen atoms in total. The lowest BCUT2D eigenvalue weighted by molar-refractivity contribution is 0.114. The van der Waals surface area contributed by atoms with Crippen LogP contribution in [0.1, 0.15) is 44.2 Å². The van der Waals surface area contributed by atoms with Gasteiger partial charge in [0, 0.05) is 18.3 Å². The molecule has 2 N–H and O–H groups in total. The highest BCUT2D eigenvalue weighted by atomic mass is 32.2. The van der Waals surface area contributed by atoms with E-state index in [1.807, 2.05) is 12.1 Å². The van der Waals surface area contributed by atoms with Crippen molar-refractivity contribution in [1.82, 2.24) is 5.32 Å². The van der Waals surface area contributed by atoms with Crippen LogP contribution in [0.4, 0.5) is 0 Å². The van der Waals surface area contributed by atoms with Crippen molar-refractivity contribution in [2.75, 3.05) is 6.26 Å². The van der Waals surface area contributed by atoms with Crippen LogP contribution < -0.4 is 5.32 Å². The van der Waals surface area contributed by atoms with Crippen LogP contribution in [0.2, 0.25) is 0 Å². The molecule has 1 aromatic carbocycles. The maximum Gasteiger partial charge on any atom is 0.175 e. The summed E-state index contributed by atoms with van der Waals surface area (Å²) >= 11 is 0. The van der Waals surface area contributed by atoms with Crippen LogP contribution in [0.25, 0.3) is 0 Å². The highest BCUT2D eigenvalue weighted by Crippen LogP contribution is 2.22. The lowest BCUT2D eigenvalue weighted by atomic mass is 9.92. The zero-order valence-electron chi connectivity index (χ0n) is 12.0. The van der Waals surface area contributed by atoms with Gasteiger partial charge in [-0.25, -0.2) is 8.42 Å². The Balaban J connectivity index is 1.97. The zero-order valence-corrected chi connectivity index (χ0v) is 12.9. The van der Waals surface area contributed by atoms with Gasteiger partial charge in [-0.05, 0) is 50.3 Å². The van der Waals surface area contributed by atoms with E-state index in [1.165, 1.54) is 6.26 Å². The van der Waals surface area contributed by atoms with Gasteiger partial charge in [0.1, 0.15) is 0 Å². The molecule has 0 amide bonds. The molecule has 2 rings (SSSR count). The Morgan fingerprint density at radius 3 is 2.20 bits per heavy atom. The lowest BCUT2D eigenvalue weighted by Crippen LogP contribution is -2.36. The highest BCUT2D eigenvalue weighted by Gasteiger charge is 2.21. The molecule has 1 aromatic rings. The van der Waals surface area contributed by atoms with Crippen molar-refractivity contribution in [1.29, 1.82) is 0 Å². The molecule has 0 saturated heterocycles. The first-order valence-corrected chi connectivity index (χ1v) is 8.99. The molecule has 1 aliphatic carbocycles. The minimum atomic E-state index is -3.13. The maximum atomic E-state index is 11.4. The molecule has 1 atom stereocenters. The summed E-state index contributed by atoms with van der Waals surface area (Å²) in [7, 11) is -3.13. The Kier molecular flexibility index (Phi) is 4.83. The largest absolute Gasteiger partial charge is 0.393 e. The Hall–Kier alpha value is -0.910. The third kappa shape index (κ3) is 4.04. The van der Waals surface area contributed by atoms with Crippen LogP contribution >= 0.6 is 0 Å². The van der Waals surface area contributed by atoms with Gasteiger partial charge in [-0.1, -0.05) is 12.1 Å². The molecular weight excluding hydrogens is 274 g/mol. The van der Waals surface area contributed by atoms with E-state index in [9.17, 15) is 13.5 Å². The number of aliphatic hydroxyl groups is 1. The SMILES string of the molecule is C[C@H](NC1CCC(O)CC1)c1ccc(S(C)(=O)=O)cc1. The first-order chi connectivity index (χ1) is 9.36. The summed E-state index contributed by atoms with van der Waals surface area (Å²) in [4.78, 5) is 0.356. The number of sulfone groups is 1. The van der Waals surface area contributed by atoms with Crippen molar-refractivity contribution in [3.8, 4) is 0 Å². The fourth-order valence-corrected chi connectivity index (χ4v) is 3.33. The second kappa shape index (κ2) is 6.24. The van der Waals surface area contributed by atoms with E-state index in [0.29, 0.717) is 10.9 Å². The molecule has 0 aromatic heterocycles. The molecule has 0 bridgehead atoms. The van der Waals surface area contributed by atoms with Gasteiger partial charge < -0.3 is 10.4 Å². The van der Waals surface area contributed by atoms with E-state index in [0.717, 1.165) is 31.2 Å². The lowest BCUT2D eigenvalue weighted by Gasteiger charge is -2.29. The average Bonchev–Trinajstić information content (AvgIpc) is 2.40. The molecular formula is C15H23NO3S. The Morgan fingerprint density at radius 1 is 1.15 bits per heavy atom. The van der Waals surface area contributed by atoms with Gasteiger partial charge >= 0.3 is 0 Å². The van der Waals surface area contributed by atoms with Crippen LogP contribution in [0.15, 0.2) is 29.2 Å². The van der Waals surface area contributed by atoms with E-state index >= 15 is 0 Å². The number of benzene rings is 1.